The van der Waals surface area contributed by atoms with E-state index in [0.29, 0.717) is 11.1 Å². The van der Waals surface area contributed by atoms with E-state index < -0.39 is 30.0 Å². The van der Waals surface area contributed by atoms with Crippen LogP contribution in [0.3, 0.4) is 0 Å². The summed E-state index contributed by atoms with van der Waals surface area (Å²) >= 11 is 6.28. The number of amides is 1. The van der Waals surface area contributed by atoms with E-state index in [4.69, 9.17) is 11.6 Å². The van der Waals surface area contributed by atoms with Crippen molar-refractivity contribution in [3.05, 3.63) is 82.3 Å². The molecule has 0 saturated carbocycles. The Kier molecular flexibility index (Phi) is 5.62. The van der Waals surface area contributed by atoms with Crippen LogP contribution in [0.4, 0.5) is 23.4 Å². The normalized spacial score (nSPS) is 18.2. The van der Waals surface area contributed by atoms with Crippen LogP contribution >= 0.6 is 11.6 Å². The SMILES string of the molecule is O=C(NCc1ccc(F)cc1)c1nn2c(c1Cl)N[C@@H](c1ccccc1)C[C@@H]2C(F)(F)F. The van der Waals surface area contributed by atoms with E-state index in [0.717, 1.165) is 4.68 Å². The summed E-state index contributed by atoms with van der Waals surface area (Å²) in [7, 11) is 0. The first-order valence-corrected chi connectivity index (χ1v) is 9.80. The Morgan fingerprint density at radius 3 is 2.48 bits per heavy atom. The minimum atomic E-state index is -4.58. The maximum Gasteiger partial charge on any atom is 0.410 e. The lowest BCUT2D eigenvalue weighted by molar-refractivity contribution is -0.173. The number of alkyl halides is 3. The Labute approximate surface area is 180 Å². The highest BCUT2D eigenvalue weighted by Crippen LogP contribution is 2.46. The summed E-state index contributed by atoms with van der Waals surface area (Å²) < 4.78 is 55.1. The molecule has 162 valence electrons. The predicted molar refractivity (Wildman–Crippen MR) is 107 cm³/mol. The number of hydrogen-bond donors (Lipinski definition) is 2. The number of halogens is 5. The van der Waals surface area contributed by atoms with Crippen molar-refractivity contribution >= 4 is 23.3 Å². The van der Waals surface area contributed by atoms with Gasteiger partial charge in [-0.25, -0.2) is 9.07 Å². The number of fused-ring (bicyclic) bond motifs is 1. The quantitative estimate of drug-likeness (QED) is 0.530. The fourth-order valence-electron chi connectivity index (χ4n) is 3.51. The number of benzene rings is 2. The summed E-state index contributed by atoms with van der Waals surface area (Å²) in [6.45, 7) is 0.0421. The van der Waals surface area contributed by atoms with Crippen LogP contribution in [0, 0.1) is 5.82 Å². The lowest BCUT2D eigenvalue weighted by Gasteiger charge is -2.33. The lowest BCUT2D eigenvalue weighted by atomic mass is 9.97. The molecule has 2 aromatic carbocycles. The Hall–Kier alpha value is -3.07. The molecule has 0 saturated heterocycles. The predicted octanol–water partition coefficient (Wildman–Crippen LogP) is 5.27. The molecule has 1 aliphatic heterocycles. The zero-order valence-electron chi connectivity index (χ0n) is 16.0. The first kappa shape index (κ1) is 21.2. The molecule has 4 rings (SSSR count). The molecule has 0 aliphatic carbocycles. The van der Waals surface area contributed by atoms with Gasteiger partial charge in [0.2, 0.25) is 0 Å². The van der Waals surface area contributed by atoms with Crippen LogP contribution in [-0.4, -0.2) is 21.9 Å². The van der Waals surface area contributed by atoms with Crippen molar-refractivity contribution in [3.63, 3.8) is 0 Å². The van der Waals surface area contributed by atoms with Gasteiger partial charge in [0.05, 0.1) is 6.04 Å². The van der Waals surface area contributed by atoms with E-state index in [2.05, 4.69) is 15.7 Å². The number of aromatic nitrogens is 2. The molecule has 5 nitrogen and oxygen atoms in total. The summed E-state index contributed by atoms with van der Waals surface area (Å²) in [4.78, 5) is 12.6. The zero-order valence-corrected chi connectivity index (χ0v) is 16.7. The average Bonchev–Trinajstić information content (AvgIpc) is 3.09. The maximum atomic E-state index is 13.8. The van der Waals surface area contributed by atoms with Crippen molar-refractivity contribution < 1.29 is 22.4 Å². The third kappa shape index (κ3) is 4.36. The van der Waals surface area contributed by atoms with Gasteiger partial charge in [-0.2, -0.15) is 18.3 Å². The molecule has 0 radical (unpaired) electrons. The Morgan fingerprint density at radius 2 is 1.84 bits per heavy atom. The lowest BCUT2D eigenvalue weighted by Crippen LogP contribution is -2.35. The molecule has 1 amide bonds. The monoisotopic (exact) mass is 452 g/mol. The van der Waals surface area contributed by atoms with E-state index in [1.807, 2.05) is 0 Å². The van der Waals surface area contributed by atoms with Gasteiger partial charge in [-0.05, 0) is 23.3 Å². The fourth-order valence-corrected chi connectivity index (χ4v) is 3.77. The summed E-state index contributed by atoms with van der Waals surface area (Å²) in [5.41, 5.74) is 0.974. The van der Waals surface area contributed by atoms with Crippen LogP contribution in [0.15, 0.2) is 54.6 Å². The third-order valence-corrected chi connectivity index (χ3v) is 5.44. The molecule has 2 atom stereocenters. The van der Waals surface area contributed by atoms with Gasteiger partial charge in [-0.3, -0.25) is 4.79 Å². The Morgan fingerprint density at radius 1 is 1.16 bits per heavy atom. The zero-order chi connectivity index (χ0) is 22.2. The van der Waals surface area contributed by atoms with Crippen molar-refractivity contribution in [2.24, 2.45) is 0 Å². The topological polar surface area (TPSA) is 59.0 Å². The molecule has 2 N–H and O–H groups in total. The molecule has 0 fully saturated rings. The Balaban J connectivity index is 1.62. The van der Waals surface area contributed by atoms with E-state index >= 15 is 0 Å². The molecule has 1 aromatic heterocycles. The van der Waals surface area contributed by atoms with Crippen molar-refractivity contribution in [1.82, 2.24) is 15.1 Å². The fraction of sp³-hybridized carbons (Fsp3) is 0.238. The van der Waals surface area contributed by atoms with Crippen LogP contribution < -0.4 is 10.6 Å². The first-order chi connectivity index (χ1) is 14.7. The molecule has 10 heteroatoms. The van der Waals surface area contributed by atoms with E-state index in [-0.39, 0.29) is 29.5 Å². The number of anilines is 1. The number of nitrogens with one attached hydrogen (secondary N) is 2. The van der Waals surface area contributed by atoms with Gasteiger partial charge in [0.1, 0.15) is 16.7 Å². The van der Waals surface area contributed by atoms with E-state index in [1.165, 1.54) is 24.3 Å². The number of hydrogen-bond acceptors (Lipinski definition) is 3. The molecule has 0 bridgehead atoms. The number of nitrogens with zero attached hydrogens (tertiary/aromatic N) is 2. The number of carbonyl (C=O) groups is 1. The summed E-state index contributed by atoms with van der Waals surface area (Å²) in [5.74, 6) is -1.21. The summed E-state index contributed by atoms with van der Waals surface area (Å²) in [6.07, 6.45) is -4.88. The van der Waals surface area contributed by atoms with E-state index in [1.54, 1.807) is 30.3 Å². The van der Waals surface area contributed by atoms with Crippen molar-refractivity contribution in [1.29, 1.82) is 0 Å². The highest BCUT2D eigenvalue weighted by Gasteiger charge is 2.47. The van der Waals surface area contributed by atoms with Gasteiger partial charge in [0.25, 0.3) is 5.91 Å². The van der Waals surface area contributed by atoms with Gasteiger partial charge >= 0.3 is 6.18 Å². The van der Waals surface area contributed by atoms with E-state index in [9.17, 15) is 22.4 Å². The van der Waals surface area contributed by atoms with Crippen molar-refractivity contribution in [3.8, 4) is 0 Å². The van der Waals surface area contributed by atoms with Crippen LogP contribution in [-0.2, 0) is 6.54 Å². The van der Waals surface area contributed by atoms with Crippen LogP contribution in [0.1, 0.15) is 40.1 Å². The molecular formula is C21H17ClF4N4O. The largest absolute Gasteiger partial charge is 0.410 e. The first-order valence-electron chi connectivity index (χ1n) is 9.43. The van der Waals surface area contributed by atoms with Crippen LogP contribution in [0.25, 0.3) is 0 Å². The van der Waals surface area contributed by atoms with Crippen molar-refractivity contribution in [2.75, 3.05) is 5.32 Å². The third-order valence-electron chi connectivity index (χ3n) is 5.08. The van der Waals surface area contributed by atoms with Gasteiger partial charge < -0.3 is 10.6 Å². The Bertz CT molecular complexity index is 1080. The molecular weight excluding hydrogens is 436 g/mol. The standard InChI is InChI=1S/C21H17ClF4N4O/c22-17-18(20(31)27-11-12-6-8-14(23)9-7-12)29-30-16(21(24,25)26)10-15(28-19(17)30)13-4-2-1-3-5-13/h1-9,15-16,28H,10-11H2,(H,27,31)/t15-,16-/m1/s1. The molecule has 0 unspecified atom stereocenters. The molecule has 2 heterocycles. The van der Waals surface area contributed by atoms with Crippen LogP contribution in [0.2, 0.25) is 5.02 Å². The van der Waals surface area contributed by atoms with Gasteiger partial charge in [0, 0.05) is 13.0 Å². The minimum Gasteiger partial charge on any atom is -0.362 e. The van der Waals surface area contributed by atoms with Crippen molar-refractivity contribution in [2.45, 2.75) is 31.2 Å². The molecule has 3 aromatic rings. The van der Waals surface area contributed by atoms with Gasteiger partial charge in [0.15, 0.2) is 11.7 Å². The maximum absolute atomic E-state index is 13.8. The van der Waals surface area contributed by atoms with Crippen LogP contribution in [0.5, 0.6) is 0 Å². The summed E-state index contributed by atoms with van der Waals surface area (Å²) in [6, 6.07) is 11.6. The molecule has 31 heavy (non-hydrogen) atoms. The summed E-state index contributed by atoms with van der Waals surface area (Å²) in [5, 5.41) is 9.23. The number of rotatable bonds is 4. The minimum absolute atomic E-state index is 0.0421. The number of carbonyl (C=O) groups excluding carboxylic acids is 1. The highest BCUT2D eigenvalue weighted by atomic mass is 35.5. The smallest absolute Gasteiger partial charge is 0.362 e. The second-order valence-corrected chi connectivity index (χ2v) is 7.54. The molecule has 1 aliphatic rings. The average molecular weight is 453 g/mol. The van der Waals surface area contributed by atoms with Gasteiger partial charge in [-0.1, -0.05) is 54.1 Å². The second-order valence-electron chi connectivity index (χ2n) is 7.17. The van der Waals surface area contributed by atoms with Gasteiger partial charge in [-0.15, -0.1) is 0 Å². The highest BCUT2D eigenvalue weighted by molar-refractivity contribution is 6.36. The molecule has 0 spiro atoms. The second kappa shape index (κ2) is 8.22.